The van der Waals surface area contributed by atoms with Crippen molar-refractivity contribution in [1.29, 1.82) is 0 Å². The minimum Gasteiger partial charge on any atom is -0.396 e. The van der Waals surface area contributed by atoms with Crippen molar-refractivity contribution in [2.24, 2.45) is 17.8 Å². The van der Waals surface area contributed by atoms with Crippen LogP contribution in [0.4, 0.5) is 0 Å². The second-order valence-corrected chi connectivity index (χ2v) is 8.77. The Morgan fingerprint density at radius 2 is 1.79 bits per heavy atom. The molecule has 5 heteroatoms. The van der Waals surface area contributed by atoms with Gasteiger partial charge in [-0.2, -0.15) is 0 Å². The largest absolute Gasteiger partial charge is 0.396 e. The molecule has 0 bridgehead atoms. The lowest BCUT2D eigenvalue weighted by molar-refractivity contribution is 0.0716. The summed E-state index contributed by atoms with van der Waals surface area (Å²) in [5.41, 5.74) is 1.98. The fourth-order valence-electron chi connectivity index (χ4n) is 5.17. The predicted molar refractivity (Wildman–Crippen MR) is 114 cm³/mol. The van der Waals surface area contributed by atoms with Gasteiger partial charge in [-0.1, -0.05) is 49.6 Å². The third-order valence-electron chi connectivity index (χ3n) is 6.85. The zero-order valence-electron chi connectivity index (χ0n) is 17.1. The number of nitrogens with one attached hydrogen (secondary N) is 1. The van der Waals surface area contributed by atoms with Crippen LogP contribution in [0.1, 0.15) is 44.2 Å². The Hall–Kier alpha value is -1.82. The first-order valence-electron chi connectivity index (χ1n) is 11.1. The number of aromatic nitrogens is 2. The molecule has 0 radical (unpaired) electrons. The van der Waals surface area contributed by atoms with Crippen molar-refractivity contribution >= 4 is 0 Å². The van der Waals surface area contributed by atoms with Crippen LogP contribution in [0, 0.1) is 17.8 Å². The van der Waals surface area contributed by atoms with Gasteiger partial charge in [0.1, 0.15) is 0 Å². The fourth-order valence-corrected chi connectivity index (χ4v) is 5.17. The van der Waals surface area contributed by atoms with Crippen molar-refractivity contribution in [2.45, 2.75) is 57.1 Å². The van der Waals surface area contributed by atoms with E-state index in [0.717, 1.165) is 36.0 Å². The molecule has 1 aromatic carbocycles. The van der Waals surface area contributed by atoms with E-state index in [1.165, 1.54) is 32.1 Å². The van der Waals surface area contributed by atoms with Crippen LogP contribution in [-0.2, 0) is 6.42 Å². The predicted octanol–water partition coefficient (Wildman–Crippen LogP) is 3.21. The van der Waals surface area contributed by atoms with Crippen LogP contribution < -0.4 is 5.32 Å². The Morgan fingerprint density at radius 3 is 2.55 bits per heavy atom. The smallest absolute Gasteiger partial charge is 0.159 e. The average molecular weight is 396 g/mol. The van der Waals surface area contributed by atoms with Gasteiger partial charge in [0.25, 0.3) is 0 Å². The lowest BCUT2D eigenvalue weighted by atomic mass is 9.87. The van der Waals surface area contributed by atoms with Crippen LogP contribution in [0.5, 0.6) is 0 Å². The van der Waals surface area contributed by atoms with Crippen LogP contribution in [0.15, 0.2) is 42.6 Å². The average Bonchev–Trinajstić information content (AvgIpc) is 3.07. The third kappa shape index (κ3) is 5.03. The van der Waals surface area contributed by atoms with Crippen LogP contribution in [0.3, 0.4) is 0 Å². The molecule has 0 aliphatic heterocycles. The van der Waals surface area contributed by atoms with E-state index >= 15 is 0 Å². The van der Waals surface area contributed by atoms with Crippen LogP contribution in [-0.4, -0.2) is 45.5 Å². The highest BCUT2D eigenvalue weighted by molar-refractivity contribution is 5.54. The van der Waals surface area contributed by atoms with Gasteiger partial charge in [0.2, 0.25) is 0 Å². The molecule has 2 saturated carbocycles. The lowest BCUT2D eigenvalue weighted by Gasteiger charge is -2.28. The standard InChI is InChI=1S/C24H33N3O2/c28-16-21-20(22(14-23(21)29)26-15-17-7-3-1-4-8-17)13-19-11-12-25-24(27-19)18-9-5-2-6-10-18/h2,5-6,9-12,17,20-23,26,28-29H,1,3-4,7-8,13-16H2. The summed E-state index contributed by atoms with van der Waals surface area (Å²) in [5.74, 6) is 1.55. The first-order chi connectivity index (χ1) is 14.2. The molecule has 4 unspecified atom stereocenters. The lowest BCUT2D eigenvalue weighted by Crippen LogP contribution is -2.39. The van der Waals surface area contributed by atoms with Gasteiger partial charge in [0, 0.05) is 36.0 Å². The number of hydrogen-bond donors (Lipinski definition) is 3. The first kappa shape index (κ1) is 20.5. The van der Waals surface area contributed by atoms with E-state index in [4.69, 9.17) is 4.98 Å². The molecule has 0 saturated heterocycles. The molecular weight excluding hydrogens is 362 g/mol. The maximum Gasteiger partial charge on any atom is 0.159 e. The molecule has 156 valence electrons. The van der Waals surface area contributed by atoms with Crippen LogP contribution in [0.2, 0.25) is 0 Å². The summed E-state index contributed by atoms with van der Waals surface area (Å²) >= 11 is 0. The van der Waals surface area contributed by atoms with Gasteiger partial charge < -0.3 is 15.5 Å². The van der Waals surface area contributed by atoms with Gasteiger partial charge >= 0.3 is 0 Å². The van der Waals surface area contributed by atoms with Crippen molar-refractivity contribution in [3.63, 3.8) is 0 Å². The maximum atomic E-state index is 10.5. The highest BCUT2D eigenvalue weighted by Crippen LogP contribution is 2.35. The maximum absolute atomic E-state index is 10.5. The van der Waals surface area contributed by atoms with E-state index in [0.29, 0.717) is 6.42 Å². The highest BCUT2D eigenvalue weighted by atomic mass is 16.3. The quantitative estimate of drug-likeness (QED) is 0.671. The monoisotopic (exact) mass is 395 g/mol. The molecule has 2 aliphatic rings. The zero-order valence-corrected chi connectivity index (χ0v) is 17.1. The molecular formula is C24H33N3O2. The molecule has 2 fully saturated rings. The molecule has 3 N–H and O–H groups in total. The molecule has 5 nitrogen and oxygen atoms in total. The van der Waals surface area contributed by atoms with Gasteiger partial charge in [0.05, 0.1) is 6.10 Å². The van der Waals surface area contributed by atoms with E-state index in [1.807, 2.05) is 42.6 Å². The van der Waals surface area contributed by atoms with Crippen molar-refractivity contribution in [3.05, 3.63) is 48.3 Å². The molecule has 4 atom stereocenters. The Balaban J connectivity index is 1.46. The molecule has 4 rings (SSSR count). The summed E-state index contributed by atoms with van der Waals surface area (Å²) in [7, 11) is 0. The van der Waals surface area contributed by atoms with Crippen molar-refractivity contribution in [3.8, 4) is 11.4 Å². The van der Waals surface area contributed by atoms with Crippen molar-refractivity contribution in [2.75, 3.05) is 13.2 Å². The first-order valence-corrected chi connectivity index (χ1v) is 11.1. The van der Waals surface area contributed by atoms with E-state index in [9.17, 15) is 10.2 Å². The Kier molecular flexibility index (Phi) is 6.90. The van der Waals surface area contributed by atoms with Gasteiger partial charge in [-0.3, -0.25) is 0 Å². The summed E-state index contributed by atoms with van der Waals surface area (Å²) in [5, 5.41) is 24.2. The summed E-state index contributed by atoms with van der Waals surface area (Å²) in [6, 6.07) is 12.2. The summed E-state index contributed by atoms with van der Waals surface area (Å²) < 4.78 is 0. The minimum absolute atomic E-state index is 0.0179. The summed E-state index contributed by atoms with van der Waals surface area (Å²) in [6.45, 7) is 1.04. The molecule has 1 heterocycles. The number of aliphatic hydroxyl groups is 2. The summed E-state index contributed by atoms with van der Waals surface area (Å²) in [6.07, 6.45) is 9.47. The van der Waals surface area contributed by atoms with Crippen molar-refractivity contribution < 1.29 is 10.2 Å². The second-order valence-electron chi connectivity index (χ2n) is 8.77. The van der Waals surface area contributed by atoms with Gasteiger partial charge in [-0.25, -0.2) is 9.97 Å². The number of aliphatic hydroxyl groups excluding tert-OH is 2. The normalized spacial score (nSPS) is 27.9. The van der Waals surface area contributed by atoms with E-state index in [2.05, 4.69) is 10.3 Å². The zero-order chi connectivity index (χ0) is 20.1. The van der Waals surface area contributed by atoms with Gasteiger partial charge in [-0.15, -0.1) is 0 Å². The highest BCUT2D eigenvalue weighted by Gasteiger charge is 2.42. The van der Waals surface area contributed by atoms with E-state index in [-0.39, 0.29) is 24.5 Å². The Bertz CT molecular complexity index is 764. The number of nitrogens with zero attached hydrogens (tertiary/aromatic N) is 2. The number of benzene rings is 1. The van der Waals surface area contributed by atoms with Gasteiger partial charge in [0.15, 0.2) is 5.82 Å². The number of rotatable bonds is 7. The summed E-state index contributed by atoms with van der Waals surface area (Å²) in [4.78, 5) is 9.21. The third-order valence-corrected chi connectivity index (χ3v) is 6.85. The molecule has 2 aliphatic carbocycles. The molecule has 1 aromatic heterocycles. The SMILES string of the molecule is OCC1C(O)CC(NCC2CCCCC2)C1Cc1ccnc(-c2ccccc2)n1. The van der Waals surface area contributed by atoms with E-state index < -0.39 is 6.10 Å². The molecule has 29 heavy (non-hydrogen) atoms. The van der Waals surface area contributed by atoms with E-state index in [1.54, 1.807) is 0 Å². The fraction of sp³-hybridized carbons (Fsp3) is 0.583. The number of hydrogen-bond acceptors (Lipinski definition) is 5. The minimum atomic E-state index is -0.454. The topological polar surface area (TPSA) is 78.3 Å². The molecule has 0 amide bonds. The Labute approximate surface area is 173 Å². The van der Waals surface area contributed by atoms with Crippen LogP contribution >= 0.6 is 0 Å². The molecule has 0 spiro atoms. The molecule has 2 aromatic rings. The van der Waals surface area contributed by atoms with Crippen LogP contribution in [0.25, 0.3) is 11.4 Å². The Morgan fingerprint density at radius 1 is 1.00 bits per heavy atom. The van der Waals surface area contributed by atoms with Gasteiger partial charge in [-0.05, 0) is 50.1 Å². The van der Waals surface area contributed by atoms with Crippen molar-refractivity contribution in [1.82, 2.24) is 15.3 Å². The second kappa shape index (κ2) is 9.79.